The third kappa shape index (κ3) is 2.90. The predicted molar refractivity (Wildman–Crippen MR) is 106 cm³/mol. The van der Waals surface area contributed by atoms with Crippen molar-refractivity contribution in [1.29, 1.82) is 5.41 Å². The molecule has 0 spiro atoms. The van der Waals surface area contributed by atoms with Gasteiger partial charge in [-0.05, 0) is 61.5 Å². The third-order valence-electron chi connectivity index (χ3n) is 4.33. The average Bonchev–Trinajstić information content (AvgIpc) is 3.19. The lowest BCUT2D eigenvalue weighted by molar-refractivity contribution is -0.114. The van der Waals surface area contributed by atoms with Gasteiger partial charge in [0.1, 0.15) is 5.82 Å². The third-order valence-corrected chi connectivity index (χ3v) is 5.29. The number of carbonyl (C=O) groups is 1. The van der Waals surface area contributed by atoms with Crippen LogP contribution in [0.3, 0.4) is 0 Å². The summed E-state index contributed by atoms with van der Waals surface area (Å²) in [7, 11) is 0. The summed E-state index contributed by atoms with van der Waals surface area (Å²) in [6.45, 7) is 3.78. The minimum Gasteiger partial charge on any atom is -0.318 e. The molecule has 2 aliphatic heterocycles. The number of amidine groups is 2. The van der Waals surface area contributed by atoms with Gasteiger partial charge in [-0.25, -0.2) is 4.39 Å². The highest BCUT2D eigenvalue weighted by Gasteiger charge is 2.32. The summed E-state index contributed by atoms with van der Waals surface area (Å²) in [5.41, 5.74) is 4.89. The summed E-state index contributed by atoms with van der Waals surface area (Å²) in [6, 6.07) is 6.39. The number of benzene rings is 1. The topological polar surface area (TPSA) is 73.8 Å². The lowest BCUT2D eigenvalue weighted by Gasteiger charge is -2.20. The van der Waals surface area contributed by atoms with Crippen LogP contribution in [-0.4, -0.2) is 32.0 Å². The minimum atomic E-state index is -0.482. The van der Waals surface area contributed by atoms with Crippen molar-refractivity contribution in [2.75, 3.05) is 0 Å². The number of nitrogens with one attached hydrogen (secondary N) is 1. The first kappa shape index (κ1) is 17.7. The Bertz CT molecular complexity index is 1100. The zero-order valence-corrected chi connectivity index (χ0v) is 15.9. The van der Waals surface area contributed by atoms with Crippen LogP contribution in [0.2, 0.25) is 5.02 Å². The summed E-state index contributed by atoms with van der Waals surface area (Å²) in [6.07, 6.45) is 1.63. The molecule has 1 aromatic carbocycles. The molecule has 1 amide bonds. The molecule has 3 heterocycles. The molecule has 1 aromatic heterocycles. The molecule has 136 valence electrons. The molecular weight excluding hydrogens is 389 g/mol. The highest BCUT2D eigenvalue weighted by atomic mass is 35.5. The molecule has 27 heavy (non-hydrogen) atoms. The standard InChI is InChI=1S/C18H13ClFN5OS/c1-9-5-11(10(2)24(9)12-3-4-15(20)14(19)7-12)6-13-16(21)25-18(23-17(13)26)27-8-22-25/h3-8,21H,1-2H3/b13-6+,21-16?. The molecule has 0 saturated heterocycles. The maximum absolute atomic E-state index is 13.5. The van der Waals surface area contributed by atoms with E-state index in [2.05, 4.69) is 10.1 Å². The van der Waals surface area contributed by atoms with Gasteiger partial charge in [0.2, 0.25) is 0 Å². The molecule has 0 fully saturated rings. The number of hydrazone groups is 1. The molecule has 1 N–H and O–H groups in total. The number of hydrogen-bond acceptors (Lipinski definition) is 4. The summed E-state index contributed by atoms with van der Waals surface area (Å²) < 4.78 is 15.4. The van der Waals surface area contributed by atoms with Crippen LogP contribution in [0.1, 0.15) is 17.0 Å². The van der Waals surface area contributed by atoms with E-state index in [4.69, 9.17) is 17.0 Å². The maximum atomic E-state index is 13.5. The maximum Gasteiger partial charge on any atom is 0.283 e. The number of carbonyl (C=O) groups excluding carboxylic acids is 1. The number of nitrogens with zero attached hydrogens (tertiary/aromatic N) is 4. The quantitative estimate of drug-likeness (QED) is 0.768. The molecule has 2 aliphatic rings. The van der Waals surface area contributed by atoms with Crippen LogP contribution in [0, 0.1) is 25.1 Å². The molecular formula is C18H13ClFN5OS. The van der Waals surface area contributed by atoms with Gasteiger partial charge in [0.05, 0.1) is 16.1 Å². The van der Waals surface area contributed by atoms with E-state index in [0.29, 0.717) is 10.9 Å². The Balaban J connectivity index is 1.79. The molecule has 6 nitrogen and oxygen atoms in total. The lowest BCUT2D eigenvalue weighted by Crippen LogP contribution is -2.35. The van der Waals surface area contributed by atoms with Crippen molar-refractivity contribution in [1.82, 2.24) is 9.58 Å². The first-order valence-corrected chi connectivity index (χ1v) is 9.20. The van der Waals surface area contributed by atoms with E-state index in [1.807, 2.05) is 24.5 Å². The van der Waals surface area contributed by atoms with E-state index in [1.54, 1.807) is 18.2 Å². The summed E-state index contributed by atoms with van der Waals surface area (Å²) in [4.78, 5) is 16.3. The van der Waals surface area contributed by atoms with Crippen LogP contribution in [0.4, 0.5) is 4.39 Å². The second-order valence-electron chi connectivity index (χ2n) is 6.02. The van der Waals surface area contributed by atoms with E-state index in [-0.39, 0.29) is 16.4 Å². The molecule has 2 aromatic rings. The highest BCUT2D eigenvalue weighted by molar-refractivity contribution is 8.25. The van der Waals surface area contributed by atoms with E-state index >= 15 is 0 Å². The van der Waals surface area contributed by atoms with E-state index in [9.17, 15) is 9.18 Å². The molecule has 0 radical (unpaired) electrons. The van der Waals surface area contributed by atoms with E-state index < -0.39 is 11.7 Å². The fourth-order valence-corrected chi connectivity index (χ4v) is 3.83. The number of hydrogen-bond donors (Lipinski definition) is 1. The number of rotatable bonds is 2. The zero-order chi connectivity index (χ0) is 19.3. The number of fused-ring (bicyclic) bond motifs is 1. The number of aryl methyl sites for hydroxylation is 1. The number of aromatic nitrogens is 1. The van der Waals surface area contributed by atoms with Crippen molar-refractivity contribution in [2.45, 2.75) is 13.8 Å². The first-order chi connectivity index (χ1) is 12.9. The largest absolute Gasteiger partial charge is 0.318 e. The van der Waals surface area contributed by atoms with Crippen molar-refractivity contribution in [2.24, 2.45) is 10.1 Å². The van der Waals surface area contributed by atoms with Gasteiger partial charge < -0.3 is 4.57 Å². The van der Waals surface area contributed by atoms with Gasteiger partial charge in [0.15, 0.2) is 11.0 Å². The molecule has 9 heteroatoms. The monoisotopic (exact) mass is 401 g/mol. The van der Waals surface area contributed by atoms with Crippen LogP contribution in [0.5, 0.6) is 0 Å². The lowest BCUT2D eigenvalue weighted by atomic mass is 10.1. The molecule has 4 rings (SSSR count). The number of halogens is 2. The molecule has 0 bridgehead atoms. The van der Waals surface area contributed by atoms with Crippen LogP contribution < -0.4 is 0 Å². The van der Waals surface area contributed by atoms with Crippen molar-refractivity contribution in [3.05, 3.63) is 57.6 Å². The summed E-state index contributed by atoms with van der Waals surface area (Å²) in [5, 5.41) is 14.1. The van der Waals surface area contributed by atoms with Gasteiger partial charge in [-0.15, -0.1) is 0 Å². The van der Waals surface area contributed by atoms with E-state index in [1.165, 1.54) is 28.4 Å². The van der Waals surface area contributed by atoms with Gasteiger partial charge in [-0.1, -0.05) is 11.6 Å². The number of thioether (sulfide) groups is 1. The fourth-order valence-electron chi connectivity index (χ4n) is 3.05. The molecule has 0 atom stereocenters. The van der Waals surface area contributed by atoms with Gasteiger partial charge in [-0.2, -0.15) is 15.1 Å². The number of aliphatic imine (C=N–C) groups is 1. The second kappa shape index (κ2) is 6.47. The normalized spacial score (nSPS) is 17.7. The van der Waals surface area contributed by atoms with Crippen LogP contribution in [-0.2, 0) is 4.79 Å². The summed E-state index contributed by atoms with van der Waals surface area (Å²) >= 11 is 7.11. The average molecular weight is 402 g/mol. The van der Waals surface area contributed by atoms with Gasteiger partial charge in [0.25, 0.3) is 5.91 Å². The predicted octanol–water partition coefficient (Wildman–Crippen LogP) is 4.14. The fraction of sp³-hybridized carbons (Fsp3) is 0.111. The minimum absolute atomic E-state index is 0.0131. The van der Waals surface area contributed by atoms with E-state index in [0.717, 1.165) is 17.0 Å². The van der Waals surface area contributed by atoms with Gasteiger partial charge >= 0.3 is 0 Å². The van der Waals surface area contributed by atoms with Crippen molar-refractivity contribution in [3.8, 4) is 5.69 Å². The molecule has 0 aliphatic carbocycles. The second-order valence-corrected chi connectivity index (χ2v) is 7.24. The Kier molecular flexibility index (Phi) is 4.24. The smallest absolute Gasteiger partial charge is 0.283 e. The van der Waals surface area contributed by atoms with Crippen molar-refractivity contribution >= 4 is 51.9 Å². The van der Waals surface area contributed by atoms with Crippen LogP contribution in [0.15, 0.2) is 39.9 Å². The van der Waals surface area contributed by atoms with Crippen molar-refractivity contribution in [3.63, 3.8) is 0 Å². The SMILES string of the molecule is Cc1cc(/C=C2\C(=N)N3N=CSC3=NC2=O)c(C)n1-c1ccc(F)c(Cl)c1. The zero-order valence-electron chi connectivity index (χ0n) is 14.3. The van der Waals surface area contributed by atoms with Gasteiger partial charge in [-0.3, -0.25) is 10.2 Å². The highest BCUT2D eigenvalue weighted by Crippen LogP contribution is 2.28. The van der Waals surface area contributed by atoms with Gasteiger partial charge in [0, 0.05) is 17.1 Å². The number of amides is 1. The Morgan fingerprint density at radius 1 is 1.30 bits per heavy atom. The van der Waals surface area contributed by atoms with Crippen LogP contribution in [0.25, 0.3) is 11.8 Å². The Morgan fingerprint density at radius 2 is 2.07 bits per heavy atom. The van der Waals surface area contributed by atoms with Crippen LogP contribution >= 0.6 is 23.4 Å². The molecule has 0 unspecified atom stereocenters. The molecule has 0 saturated carbocycles. The first-order valence-electron chi connectivity index (χ1n) is 7.94. The summed E-state index contributed by atoms with van der Waals surface area (Å²) in [5.74, 6) is -0.969. The van der Waals surface area contributed by atoms with Crippen molar-refractivity contribution < 1.29 is 9.18 Å². The Labute approximate surface area is 163 Å². The Morgan fingerprint density at radius 3 is 2.81 bits per heavy atom. The Hall–Kier alpha value is -2.71.